The number of nitriles is 1. The number of nitrogens with zero attached hydrogens (tertiary/aromatic N) is 1. The van der Waals surface area contributed by atoms with Gasteiger partial charge in [0.2, 0.25) is 0 Å². The first kappa shape index (κ1) is 18.9. The van der Waals surface area contributed by atoms with Crippen LogP contribution >= 0.6 is 0 Å². The minimum absolute atomic E-state index is 0.159. The van der Waals surface area contributed by atoms with Gasteiger partial charge in [-0.3, -0.25) is 14.4 Å². The third-order valence-corrected chi connectivity index (χ3v) is 3.11. The highest BCUT2D eigenvalue weighted by Crippen LogP contribution is 2.33. The second-order valence-corrected chi connectivity index (χ2v) is 4.95. The molecule has 1 aliphatic rings. The van der Waals surface area contributed by atoms with Gasteiger partial charge in [-0.25, -0.2) is 0 Å². The van der Waals surface area contributed by atoms with Gasteiger partial charge in [0.05, 0.1) is 6.42 Å². The highest BCUT2D eigenvalue weighted by Gasteiger charge is 2.51. The molecular weight excluding hydrogens is 310 g/mol. The maximum absolute atomic E-state index is 11.3. The number of methoxy groups -OCH3 is 1. The Morgan fingerprint density at radius 3 is 2.22 bits per heavy atom. The molecule has 23 heavy (non-hydrogen) atoms. The summed E-state index contributed by atoms with van der Waals surface area (Å²) < 4.78 is 25.7. The Hall–Kier alpha value is -2.18. The molecule has 1 rings (SSSR count). The van der Waals surface area contributed by atoms with E-state index in [0.717, 1.165) is 0 Å². The number of hydrogen-bond donors (Lipinski definition) is 0. The van der Waals surface area contributed by atoms with Crippen LogP contribution in [0.2, 0.25) is 0 Å². The van der Waals surface area contributed by atoms with Gasteiger partial charge in [0.1, 0.15) is 24.9 Å². The fraction of sp³-hybridized carbons (Fsp3) is 0.714. The third-order valence-electron chi connectivity index (χ3n) is 3.11. The summed E-state index contributed by atoms with van der Waals surface area (Å²) >= 11 is 0. The molecule has 0 radical (unpaired) electrons. The fourth-order valence-corrected chi connectivity index (χ4v) is 2.22. The number of rotatable bonds is 5. The van der Waals surface area contributed by atoms with Crippen LogP contribution in [0.3, 0.4) is 0 Å². The first-order valence-electron chi connectivity index (χ1n) is 6.85. The zero-order chi connectivity index (χ0) is 17.6. The molecule has 0 bridgehead atoms. The molecule has 1 heterocycles. The molecule has 1 fully saturated rings. The van der Waals surface area contributed by atoms with Crippen molar-refractivity contribution in [1.82, 2.24) is 0 Å². The Morgan fingerprint density at radius 1 is 1.17 bits per heavy atom. The lowest BCUT2D eigenvalue weighted by Crippen LogP contribution is -2.58. The fourth-order valence-electron chi connectivity index (χ4n) is 2.22. The minimum atomic E-state index is -1.71. The topological polar surface area (TPSA) is 121 Å². The molecule has 0 spiro atoms. The maximum atomic E-state index is 11.3. The number of carbonyl (C=O) groups is 3. The average molecular weight is 329 g/mol. The number of hydrogen-bond acceptors (Lipinski definition) is 9. The number of carbonyl (C=O) groups excluding carboxylic acids is 3. The molecule has 0 saturated carbocycles. The van der Waals surface area contributed by atoms with Crippen molar-refractivity contribution in [3.63, 3.8) is 0 Å². The molecule has 4 atom stereocenters. The Kier molecular flexibility index (Phi) is 6.48. The summed E-state index contributed by atoms with van der Waals surface area (Å²) in [6.45, 7) is 3.26. The van der Waals surface area contributed by atoms with Crippen molar-refractivity contribution in [3.8, 4) is 6.07 Å². The van der Waals surface area contributed by atoms with Gasteiger partial charge < -0.3 is 23.7 Å². The van der Waals surface area contributed by atoms with Crippen molar-refractivity contribution in [1.29, 1.82) is 5.26 Å². The van der Waals surface area contributed by atoms with Crippen molar-refractivity contribution in [2.45, 2.75) is 51.3 Å². The molecule has 128 valence electrons. The zero-order valence-electron chi connectivity index (χ0n) is 13.4. The highest BCUT2D eigenvalue weighted by atomic mass is 16.7. The van der Waals surface area contributed by atoms with E-state index in [2.05, 4.69) is 0 Å². The summed E-state index contributed by atoms with van der Waals surface area (Å²) in [4.78, 5) is 33.6. The molecule has 1 aliphatic heterocycles. The summed E-state index contributed by atoms with van der Waals surface area (Å²) in [6.07, 6.45) is -3.20. The molecule has 1 saturated heterocycles. The normalized spacial score (nSPS) is 30.0. The molecule has 0 aromatic rings. The van der Waals surface area contributed by atoms with Crippen molar-refractivity contribution < 1.29 is 38.1 Å². The van der Waals surface area contributed by atoms with Crippen LogP contribution in [-0.4, -0.2) is 55.7 Å². The van der Waals surface area contributed by atoms with Crippen LogP contribution in [0.15, 0.2) is 0 Å². The van der Waals surface area contributed by atoms with Gasteiger partial charge in [-0.1, -0.05) is 0 Å². The Bertz CT molecular complexity index is 513. The lowest BCUT2D eigenvalue weighted by molar-refractivity contribution is -0.292. The van der Waals surface area contributed by atoms with E-state index in [9.17, 15) is 19.6 Å². The van der Waals surface area contributed by atoms with Gasteiger partial charge in [-0.15, -0.1) is 0 Å². The maximum Gasteiger partial charge on any atom is 0.303 e. The van der Waals surface area contributed by atoms with Gasteiger partial charge in [0.15, 0.2) is 6.10 Å². The molecule has 0 amide bonds. The second-order valence-electron chi connectivity index (χ2n) is 4.95. The quantitative estimate of drug-likeness (QED) is 0.509. The van der Waals surface area contributed by atoms with E-state index in [-0.39, 0.29) is 13.0 Å². The van der Waals surface area contributed by atoms with E-state index in [1.54, 1.807) is 0 Å². The summed E-state index contributed by atoms with van der Waals surface area (Å²) in [5.74, 6) is -3.54. The van der Waals surface area contributed by atoms with Crippen molar-refractivity contribution >= 4 is 17.9 Å². The Labute approximate surface area is 133 Å². The van der Waals surface area contributed by atoms with Crippen molar-refractivity contribution in [3.05, 3.63) is 0 Å². The number of esters is 3. The standard InChI is InChI=1S/C14H19NO8/c1-8(16)20-6-12-13(22-10(3)18)11(21-9(2)17)5-14(7-15,19-4)23-12/h11-13H,5-6H2,1-4H3/t11-,12-,13-,14+/m1/s1. The summed E-state index contributed by atoms with van der Waals surface area (Å²) in [6, 6.07) is 1.85. The Balaban J connectivity index is 3.10. The van der Waals surface area contributed by atoms with E-state index >= 15 is 0 Å². The predicted molar refractivity (Wildman–Crippen MR) is 72.6 cm³/mol. The van der Waals surface area contributed by atoms with Gasteiger partial charge in [-0.05, 0) is 0 Å². The van der Waals surface area contributed by atoms with E-state index in [1.807, 2.05) is 6.07 Å². The molecule has 0 aliphatic carbocycles. The second kappa shape index (κ2) is 7.89. The lowest BCUT2D eigenvalue weighted by atomic mass is 9.95. The molecule has 9 heteroatoms. The summed E-state index contributed by atoms with van der Waals surface area (Å²) in [5, 5.41) is 9.30. The van der Waals surface area contributed by atoms with Crippen molar-refractivity contribution in [2.24, 2.45) is 0 Å². The molecular formula is C14H19NO8. The van der Waals surface area contributed by atoms with Gasteiger partial charge >= 0.3 is 17.9 Å². The summed E-state index contributed by atoms with van der Waals surface area (Å²) in [5.41, 5.74) is 0. The largest absolute Gasteiger partial charge is 0.463 e. The molecule has 0 N–H and O–H groups in total. The molecule has 0 aromatic heterocycles. The van der Waals surface area contributed by atoms with Crippen molar-refractivity contribution in [2.75, 3.05) is 13.7 Å². The van der Waals surface area contributed by atoms with E-state index in [1.165, 1.54) is 27.9 Å². The van der Waals surface area contributed by atoms with Crippen LogP contribution in [0.5, 0.6) is 0 Å². The van der Waals surface area contributed by atoms with Crippen LogP contribution < -0.4 is 0 Å². The first-order chi connectivity index (χ1) is 10.7. The van der Waals surface area contributed by atoms with Gasteiger partial charge in [-0.2, -0.15) is 5.26 Å². The van der Waals surface area contributed by atoms with Crippen LogP contribution in [0, 0.1) is 11.3 Å². The highest BCUT2D eigenvalue weighted by molar-refractivity contribution is 5.67. The van der Waals surface area contributed by atoms with Crippen LogP contribution in [-0.2, 0) is 38.1 Å². The smallest absolute Gasteiger partial charge is 0.303 e. The monoisotopic (exact) mass is 329 g/mol. The first-order valence-corrected chi connectivity index (χ1v) is 6.85. The third kappa shape index (κ3) is 5.19. The van der Waals surface area contributed by atoms with E-state index < -0.39 is 42.0 Å². The molecule has 0 unspecified atom stereocenters. The number of ether oxygens (including phenoxy) is 5. The SMILES string of the molecule is CO[C@@]1(C#N)C[C@@H](OC(C)=O)[C@@H](OC(C)=O)[C@@H](COC(C)=O)O1. The average Bonchev–Trinajstić information content (AvgIpc) is 2.46. The van der Waals surface area contributed by atoms with Crippen LogP contribution in [0.4, 0.5) is 0 Å². The lowest BCUT2D eigenvalue weighted by Gasteiger charge is -2.42. The molecule has 0 aromatic carbocycles. The van der Waals surface area contributed by atoms with E-state index in [0.29, 0.717) is 0 Å². The zero-order valence-corrected chi connectivity index (χ0v) is 13.4. The summed E-state index contributed by atoms with van der Waals surface area (Å²) in [7, 11) is 1.25. The van der Waals surface area contributed by atoms with Gasteiger partial charge in [0, 0.05) is 27.9 Å². The predicted octanol–water partition coefficient (Wildman–Crippen LogP) is 0.0681. The Morgan fingerprint density at radius 2 is 1.78 bits per heavy atom. The van der Waals surface area contributed by atoms with Crippen LogP contribution in [0.1, 0.15) is 27.2 Å². The minimum Gasteiger partial charge on any atom is -0.463 e. The van der Waals surface area contributed by atoms with Gasteiger partial charge in [0.25, 0.3) is 5.79 Å². The van der Waals surface area contributed by atoms with Crippen LogP contribution in [0.25, 0.3) is 0 Å². The molecule has 9 nitrogen and oxygen atoms in total. The van der Waals surface area contributed by atoms with E-state index in [4.69, 9.17) is 23.7 Å².